The third-order valence-electron chi connectivity index (χ3n) is 4.15. The quantitative estimate of drug-likeness (QED) is 0.251. The predicted octanol–water partition coefficient (Wildman–Crippen LogP) is 5.75. The Labute approximate surface area is 195 Å². The maximum atomic E-state index is 13.5. The largest absolute Gasteiger partial charge is 0.768 e. The van der Waals surface area contributed by atoms with Crippen molar-refractivity contribution in [2.75, 3.05) is 0 Å². The van der Waals surface area contributed by atoms with Gasteiger partial charge in [0.15, 0.2) is 0 Å². The third-order valence-corrected chi connectivity index (χ3v) is 5.73. The van der Waals surface area contributed by atoms with Gasteiger partial charge in [-0.3, -0.25) is 4.21 Å². The van der Waals surface area contributed by atoms with E-state index in [4.69, 9.17) is 5.73 Å². The van der Waals surface area contributed by atoms with Crippen LogP contribution in [0, 0.1) is 0 Å². The first-order valence-corrected chi connectivity index (χ1v) is 10.7. The van der Waals surface area contributed by atoms with Crippen LogP contribution in [0.2, 0.25) is 0 Å². The van der Waals surface area contributed by atoms with Gasteiger partial charge in [0.2, 0.25) is 5.13 Å². The van der Waals surface area contributed by atoms with Crippen LogP contribution in [-0.2, 0) is 17.3 Å². The predicted molar refractivity (Wildman–Crippen MR) is 116 cm³/mol. The molecule has 6 nitrogen and oxygen atoms in total. The van der Waals surface area contributed by atoms with Crippen LogP contribution in [0.15, 0.2) is 76.4 Å². The van der Waals surface area contributed by atoms with Crippen LogP contribution in [0.4, 0.5) is 31.5 Å². The number of allylic oxidation sites excluding steroid dienone is 2. The average molecular weight is 521 g/mol. The summed E-state index contributed by atoms with van der Waals surface area (Å²) in [6.45, 7) is 0. The summed E-state index contributed by atoms with van der Waals surface area (Å²) in [5.74, 6) is 0. The van der Waals surface area contributed by atoms with Gasteiger partial charge < -0.3 is 16.4 Å². The monoisotopic (exact) mass is 521 g/mol. The number of rotatable bonds is 5. The lowest BCUT2D eigenvalue weighted by molar-refractivity contribution is -0.137. The topological polar surface area (TPSA) is 126 Å². The molecule has 0 radical (unpaired) electrons. The van der Waals surface area contributed by atoms with E-state index in [1.54, 1.807) is 6.07 Å². The fourth-order valence-corrected chi connectivity index (χ4v) is 3.87. The van der Waals surface area contributed by atoms with Crippen molar-refractivity contribution in [1.82, 2.24) is 11.1 Å². The molecule has 0 saturated carbocycles. The Morgan fingerprint density at radius 3 is 2.38 bits per heavy atom. The van der Waals surface area contributed by atoms with Crippen molar-refractivity contribution in [3.63, 3.8) is 0 Å². The van der Waals surface area contributed by atoms with Crippen LogP contribution in [0.5, 0.6) is 0 Å². The SMILES string of the molecule is N.NC(=CC(=Nc1ncc(-c2cccc(S(=O)[O-])c2)s1)c1ccccc1C(F)(F)F)C(F)(F)F. The zero-order chi connectivity index (χ0) is 24.4. The first-order chi connectivity index (χ1) is 15.4. The highest BCUT2D eigenvalue weighted by molar-refractivity contribution is 7.79. The normalized spacial score (nSPS) is 14.0. The highest BCUT2D eigenvalue weighted by Gasteiger charge is 2.36. The van der Waals surface area contributed by atoms with E-state index in [9.17, 15) is 35.1 Å². The summed E-state index contributed by atoms with van der Waals surface area (Å²) in [4.78, 5) is 8.24. The lowest BCUT2D eigenvalue weighted by Crippen LogP contribution is -2.21. The minimum absolute atomic E-state index is 0. The minimum Gasteiger partial charge on any atom is -0.768 e. The van der Waals surface area contributed by atoms with E-state index >= 15 is 0 Å². The van der Waals surface area contributed by atoms with Crippen LogP contribution in [0.3, 0.4) is 0 Å². The Kier molecular flexibility index (Phi) is 8.36. The summed E-state index contributed by atoms with van der Waals surface area (Å²) in [6.07, 6.45) is -8.26. The van der Waals surface area contributed by atoms with E-state index in [1.165, 1.54) is 30.5 Å². The van der Waals surface area contributed by atoms with Gasteiger partial charge in [0, 0.05) is 16.7 Å². The van der Waals surface area contributed by atoms with Crippen molar-refractivity contribution in [2.45, 2.75) is 17.2 Å². The van der Waals surface area contributed by atoms with Gasteiger partial charge >= 0.3 is 12.4 Å². The van der Waals surface area contributed by atoms with Gasteiger partial charge in [0.25, 0.3) is 0 Å². The van der Waals surface area contributed by atoms with Crippen LogP contribution in [0.1, 0.15) is 11.1 Å². The molecule has 182 valence electrons. The molecule has 1 unspecified atom stereocenters. The molecule has 34 heavy (non-hydrogen) atoms. The minimum atomic E-state index is -4.99. The summed E-state index contributed by atoms with van der Waals surface area (Å²) in [5, 5.41) is -0.156. The molecule has 0 bridgehead atoms. The zero-order valence-electron chi connectivity index (χ0n) is 16.9. The summed E-state index contributed by atoms with van der Waals surface area (Å²) >= 11 is -1.65. The molecule has 0 aliphatic carbocycles. The zero-order valence-corrected chi connectivity index (χ0v) is 18.5. The second-order valence-corrected chi connectivity index (χ2v) is 8.36. The molecule has 0 spiro atoms. The van der Waals surface area contributed by atoms with E-state index < -0.39 is 46.0 Å². The molecule has 0 fully saturated rings. The van der Waals surface area contributed by atoms with E-state index in [2.05, 4.69) is 9.98 Å². The molecule has 0 aliphatic rings. The fourth-order valence-electron chi connectivity index (χ4n) is 2.66. The Balaban J connectivity index is 0.00000408. The molecule has 3 aromatic rings. The van der Waals surface area contributed by atoms with Crippen molar-refractivity contribution in [3.05, 3.63) is 77.6 Å². The molecule has 14 heteroatoms. The van der Waals surface area contributed by atoms with Gasteiger partial charge in [-0.15, -0.1) is 0 Å². The average Bonchev–Trinajstić information content (AvgIpc) is 3.20. The maximum absolute atomic E-state index is 13.5. The number of hydrogen-bond donors (Lipinski definition) is 2. The summed E-state index contributed by atoms with van der Waals surface area (Å²) in [7, 11) is 0. The van der Waals surface area contributed by atoms with Crippen molar-refractivity contribution < 1.29 is 35.1 Å². The first-order valence-electron chi connectivity index (χ1n) is 8.81. The van der Waals surface area contributed by atoms with Gasteiger partial charge in [-0.2, -0.15) is 26.3 Å². The smallest absolute Gasteiger partial charge is 0.430 e. The van der Waals surface area contributed by atoms with Gasteiger partial charge in [-0.1, -0.05) is 41.7 Å². The number of hydrogen-bond acceptors (Lipinski definition) is 7. The molecule has 5 N–H and O–H groups in total. The number of benzene rings is 2. The van der Waals surface area contributed by atoms with Crippen molar-refractivity contribution in [2.24, 2.45) is 10.7 Å². The third kappa shape index (κ3) is 6.50. The van der Waals surface area contributed by atoms with Gasteiger partial charge in [-0.25, -0.2) is 9.98 Å². The molecule has 3 rings (SSSR count). The van der Waals surface area contributed by atoms with Crippen molar-refractivity contribution in [1.29, 1.82) is 0 Å². The molecule has 1 atom stereocenters. The second kappa shape index (κ2) is 10.5. The van der Waals surface area contributed by atoms with Gasteiger partial charge in [0.1, 0.15) is 5.70 Å². The fraction of sp³-hybridized carbons (Fsp3) is 0.100. The number of aliphatic imine (C=N–C) groups is 1. The summed E-state index contributed by atoms with van der Waals surface area (Å²) in [5.41, 5.74) is 1.34. The lowest BCUT2D eigenvalue weighted by atomic mass is 10.0. The van der Waals surface area contributed by atoms with Gasteiger partial charge in [-0.05, 0) is 40.9 Å². The standard InChI is InChI=1S/C20H13F6N3O2S2.H3N/c21-19(22,23)14-7-2-1-6-13(14)15(9-17(27)20(24,25)26)29-18-28-10-16(32-18)11-4-3-5-12(8-11)33(30)31;/h1-10H,27H2,(H,30,31);1H3/p-1. The highest BCUT2D eigenvalue weighted by Crippen LogP contribution is 2.35. The number of alkyl halides is 6. The molecule has 2 aromatic carbocycles. The van der Waals surface area contributed by atoms with Gasteiger partial charge in [0.05, 0.1) is 16.2 Å². The second-order valence-electron chi connectivity index (χ2n) is 6.41. The van der Waals surface area contributed by atoms with E-state index in [0.29, 0.717) is 22.6 Å². The molecule has 0 saturated heterocycles. The Hall–Kier alpha value is -3.07. The Morgan fingerprint density at radius 2 is 1.76 bits per heavy atom. The van der Waals surface area contributed by atoms with Crippen LogP contribution < -0.4 is 11.9 Å². The first kappa shape index (κ1) is 27.2. The number of thiazole rings is 1. The van der Waals surface area contributed by atoms with Crippen molar-refractivity contribution in [3.8, 4) is 10.4 Å². The van der Waals surface area contributed by atoms with Crippen LogP contribution >= 0.6 is 11.3 Å². The lowest BCUT2D eigenvalue weighted by Gasteiger charge is -2.13. The molecular weight excluding hydrogens is 506 g/mol. The summed E-state index contributed by atoms with van der Waals surface area (Å²) < 4.78 is 102. The molecule has 0 aliphatic heterocycles. The number of aromatic nitrogens is 1. The molecule has 0 amide bonds. The molecular formula is C20H15F6N4O2S2-. The molecule has 1 heterocycles. The number of halogens is 6. The van der Waals surface area contributed by atoms with Crippen LogP contribution in [0.25, 0.3) is 10.4 Å². The van der Waals surface area contributed by atoms with E-state index in [1.807, 2.05) is 0 Å². The number of nitrogens with zero attached hydrogens (tertiary/aromatic N) is 2. The molecule has 1 aromatic heterocycles. The number of nitrogens with two attached hydrogens (primary N) is 1. The van der Waals surface area contributed by atoms with Crippen LogP contribution in [-0.4, -0.2) is 25.6 Å². The highest BCUT2D eigenvalue weighted by atomic mass is 32.2. The maximum Gasteiger partial charge on any atom is 0.430 e. The van der Waals surface area contributed by atoms with E-state index in [-0.39, 0.29) is 16.2 Å². The summed E-state index contributed by atoms with van der Waals surface area (Å²) in [6, 6.07) is 9.73. The Morgan fingerprint density at radius 1 is 1.09 bits per heavy atom. The Bertz CT molecular complexity index is 1250. The van der Waals surface area contributed by atoms with E-state index in [0.717, 1.165) is 23.5 Å². The van der Waals surface area contributed by atoms with Crippen molar-refractivity contribution >= 4 is 33.3 Å².